The van der Waals surface area contributed by atoms with Gasteiger partial charge in [-0.2, -0.15) is 8.78 Å². The molecule has 1 aromatic rings. The molecular weight excluding hydrogens is 260 g/mol. The molecule has 5 nitrogen and oxygen atoms in total. The van der Waals surface area contributed by atoms with Gasteiger partial charge in [0.25, 0.3) is 0 Å². The SMILES string of the molecule is CCOC(=O)C(F)(F)[C@H](N)c1ccc(O)cc1OC. The van der Waals surface area contributed by atoms with Gasteiger partial charge in [-0.25, -0.2) is 4.79 Å². The molecule has 1 rings (SSSR count). The van der Waals surface area contributed by atoms with Crippen LogP contribution < -0.4 is 10.5 Å². The summed E-state index contributed by atoms with van der Waals surface area (Å²) in [6.45, 7) is 1.24. The Bertz CT molecular complexity index is 465. The summed E-state index contributed by atoms with van der Waals surface area (Å²) < 4.78 is 36.7. The van der Waals surface area contributed by atoms with Crippen LogP contribution in [0.4, 0.5) is 8.78 Å². The summed E-state index contributed by atoms with van der Waals surface area (Å²) in [6.07, 6.45) is 0. The van der Waals surface area contributed by atoms with Gasteiger partial charge in [0.15, 0.2) is 0 Å². The van der Waals surface area contributed by atoms with E-state index in [0.717, 1.165) is 6.07 Å². The summed E-state index contributed by atoms with van der Waals surface area (Å²) in [7, 11) is 1.24. The number of phenols is 1. The number of halogens is 2. The Morgan fingerprint density at radius 3 is 2.68 bits per heavy atom. The lowest BCUT2D eigenvalue weighted by Gasteiger charge is -2.23. The molecule has 0 aliphatic carbocycles. The van der Waals surface area contributed by atoms with Gasteiger partial charge in [-0.1, -0.05) is 0 Å². The van der Waals surface area contributed by atoms with Crippen LogP contribution in [0.3, 0.4) is 0 Å². The van der Waals surface area contributed by atoms with Gasteiger partial charge in [-0.15, -0.1) is 0 Å². The lowest BCUT2D eigenvalue weighted by molar-refractivity contribution is -0.174. The first-order chi connectivity index (χ1) is 8.84. The zero-order chi connectivity index (χ0) is 14.6. The monoisotopic (exact) mass is 275 g/mol. The van der Waals surface area contributed by atoms with Crippen molar-refractivity contribution in [2.24, 2.45) is 5.73 Å². The molecule has 1 atom stereocenters. The summed E-state index contributed by atoms with van der Waals surface area (Å²) in [5.74, 6) is -5.78. The van der Waals surface area contributed by atoms with Gasteiger partial charge in [0.1, 0.15) is 17.5 Å². The van der Waals surface area contributed by atoms with Crippen LogP contribution in [0.2, 0.25) is 0 Å². The van der Waals surface area contributed by atoms with E-state index >= 15 is 0 Å². The van der Waals surface area contributed by atoms with Gasteiger partial charge in [0, 0.05) is 11.6 Å². The number of carbonyl (C=O) groups excluding carboxylic acids is 1. The number of phenolic OH excluding ortho intramolecular Hbond substituents is 1. The van der Waals surface area contributed by atoms with Crippen molar-refractivity contribution in [2.45, 2.75) is 18.9 Å². The van der Waals surface area contributed by atoms with Gasteiger partial charge in [0.2, 0.25) is 0 Å². The molecule has 0 saturated heterocycles. The Morgan fingerprint density at radius 1 is 1.53 bits per heavy atom. The molecule has 0 spiro atoms. The molecule has 0 amide bonds. The van der Waals surface area contributed by atoms with E-state index in [-0.39, 0.29) is 23.7 Å². The second kappa shape index (κ2) is 5.83. The topological polar surface area (TPSA) is 81.8 Å². The normalized spacial score (nSPS) is 12.9. The van der Waals surface area contributed by atoms with E-state index in [9.17, 15) is 18.7 Å². The highest BCUT2D eigenvalue weighted by Gasteiger charge is 2.48. The summed E-state index contributed by atoms with van der Waals surface area (Å²) in [5.41, 5.74) is 5.32. The number of esters is 1. The summed E-state index contributed by atoms with van der Waals surface area (Å²) in [6, 6.07) is 1.56. The highest BCUT2D eigenvalue weighted by molar-refractivity contribution is 5.79. The van der Waals surface area contributed by atoms with Crippen molar-refractivity contribution in [1.29, 1.82) is 0 Å². The lowest BCUT2D eigenvalue weighted by atomic mass is 10.00. The number of hydrogen-bond donors (Lipinski definition) is 2. The fourth-order valence-corrected chi connectivity index (χ4v) is 1.51. The Balaban J connectivity index is 3.11. The number of nitrogens with two attached hydrogens (primary N) is 1. The fraction of sp³-hybridized carbons (Fsp3) is 0.417. The molecule has 106 valence electrons. The van der Waals surface area contributed by atoms with Crippen LogP contribution in [0.25, 0.3) is 0 Å². The van der Waals surface area contributed by atoms with Crippen LogP contribution in [-0.4, -0.2) is 30.7 Å². The van der Waals surface area contributed by atoms with Crippen molar-refractivity contribution in [3.05, 3.63) is 23.8 Å². The van der Waals surface area contributed by atoms with E-state index in [4.69, 9.17) is 10.5 Å². The second-order valence-corrected chi connectivity index (χ2v) is 3.75. The molecule has 0 saturated carbocycles. The Morgan fingerprint density at radius 2 is 2.16 bits per heavy atom. The molecule has 0 bridgehead atoms. The van der Waals surface area contributed by atoms with Crippen molar-refractivity contribution in [2.75, 3.05) is 13.7 Å². The molecule has 0 aromatic heterocycles. The van der Waals surface area contributed by atoms with Crippen molar-refractivity contribution in [3.63, 3.8) is 0 Å². The van der Waals surface area contributed by atoms with Crippen molar-refractivity contribution < 1.29 is 28.2 Å². The number of benzene rings is 1. The minimum absolute atomic E-state index is 0.0310. The summed E-state index contributed by atoms with van der Waals surface area (Å²) in [5, 5.41) is 9.25. The predicted molar refractivity (Wildman–Crippen MR) is 63.2 cm³/mol. The zero-order valence-electron chi connectivity index (χ0n) is 10.5. The maximum atomic E-state index is 13.8. The molecule has 19 heavy (non-hydrogen) atoms. The number of methoxy groups -OCH3 is 1. The maximum absolute atomic E-state index is 13.8. The zero-order valence-corrected chi connectivity index (χ0v) is 10.5. The number of hydrogen-bond acceptors (Lipinski definition) is 5. The van der Waals surface area contributed by atoms with E-state index in [1.807, 2.05) is 0 Å². The second-order valence-electron chi connectivity index (χ2n) is 3.75. The van der Waals surface area contributed by atoms with E-state index in [0.29, 0.717) is 0 Å². The first kappa shape index (κ1) is 15.2. The molecule has 0 radical (unpaired) electrons. The van der Waals surface area contributed by atoms with Crippen molar-refractivity contribution in [3.8, 4) is 11.5 Å². The van der Waals surface area contributed by atoms with Gasteiger partial charge < -0.3 is 20.3 Å². The Labute approximate surface area is 108 Å². The van der Waals surface area contributed by atoms with Crippen LogP contribution in [0, 0.1) is 0 Å². The van der Waals surface area contributed by atoms with E-state index < -0.39 is 17.9 Å². The van der Waals surface area contributed by atoms with Crippen molar-refractivity contribution in [1.82, 2.24) is 0 Å². The minimum atomic E-state index is -3.89. The summed E-state index contributed by atoms with van der Waals surface area (Å²) in [4.78, 5) is 11.2. The first-order valence-electron chi connectivity index (χ1n) is 5.52. The minimum Gasteiger partial charge on any atom is -0.508 e. The predicted octanol–water partition coefficient (Wildman–Crippen LogP) is 1.60. The van der Waals surface area contributed by atoms with E-state index in [2.05, 4.69) is 4.74 Å². The Hall–Kier alpha value is -1.89. The molecule has 3 N–H and O–H groups in total. The standard InChI is InChI=1S/C12H15F2NO4/c1-3-19-11(17)12(13,14)10(15)8-5-4-7(16)6-9(8)18-2/h4-6,10,16H,3,15H2,1-2H3/t10-/m1/s1. The van der Waals surface area contributed by atoms with Crippen LogP contribution in [-0.2, 0) is 9.53 Å². The van der Waals surface area contributed by atoms with Gasteiger partial charge in [0.05, 0.1) is 13.7 Å². The molecular formula is C12H15F2NO4. The molecule has 0 aliphatic rings. The average Bonchev–Trinajstić information content (AvgIpc) is 2.37. The fourth-order valence-electron chi connectivity index (χ4n) is 1.51. The van der Waals surface area contributed by atoms with Crippen LogP contribution in [0.1, 0.15) is 18.5 Å². The average molecular weight is 275 g/mol. The van der Waals surface area contributed by atoms with Gasteiger partial charge >= 0.3 is 11.9 Å². The lowest BCUT2D eigenvalue weighted by Crippen LogP contribution is -2.41. The smallest absolute Gasteiger partial charge is 0.379 e. The number of rotatable bonds is 5. The third-order valence-electron chi connectivity index (χ3n) is 2.49. The first-order valence-corrected chi connectivity index (χ1v) is 5.52. The molecule has 0 aliphatic heterocycles. The molecule has 0 fully saturated rings. The van der Waals surface area contributed by atoms with Gasteiger partial charge in [-0.05, 0) is 19.1 Å². The summed E-state index contributed by atoms with van der Waals surface area (Å²) >= 11 is 0. The maximum Gasteiger partial charge on any atom is 0.379 e. The third kappa shape index (κ3) is 3.11. The van der Waals surface area contributed by atoms with Crippen LogP contribution in [0.5, 0.6) is 11.5 Å². The van der Waals surface area contributed by atoms with E-state index in [1.165, 1.54) is 26.2 Å². The van der Waals surface area contributed by atoms with Gasteiger partial charge in [-0.3, -0.25) is 0 Å². The third-order valence-corrected chi connectivity index (χ3v) is 2.49. The quantitative estimate of drug-likeness (QED) is 0.798. The number of alkyl halides is 2. The van der Waals surface area contributed by atoms with Crippen molar-refractivity contribution >= 4 is 5.97 Å². The number of ether oxygens (including phenoxy) is 2. The Kier molecular flexibility index (Phi) is 4.66. The van der Waals surface area contributed by atoms with E-state index in [1.54, 1.807) is 0 Å². The molecule has 1 aromatic carbocycles. The molecule has 0 unspecified atom stereocenters. The largest absolute Gasteiger partial charge is 0.508 e. The highest BCUT2D eigenvalue weighted by atomic mass is 19.3. The molecule has 0 heterocycles. The molecule has 7 heteroatoms. The number of carbonyl (C=O) groups is 1. The number of aromatic hydroxyl groups is 1. The van der Waals surface area contributed by atoms with Crippen LogP contribution >= 0.6 is 0 Å². The highest BCUT2D eigenvalue weighted by Crippen LogP contribution is 2.36. The van der Waals surface area contributed by atoms with Crippen LogP contribution in [0.15, 0.2) is 18.2 Å².